The van der Waals surface area contributed by atoms with E-state index in [0.717, 1.165) is 0 Å². The van der Waals surface area contributed by atoms with Crippen LogP contribution in [0.4, 0.5) is 0 Å². The van der Waals surface area contributed by atoms with Gasteiger partial charge in [0.25, 0.3) is 0 Å². The van der Waals surface area contributed by atoms with Crippen LogP contribution in [0.3, 0.4) is 0 Å². The molecule has 5 heteroatoms. The van der Waals surface area contributed by atoms with E-state index < -0.39 is 8.15 Å². The zero-order valence-electron chi connectivity index (χ0n) is 13.1. The topological polar surface area (TPSA) is 20.2 Å². The van der Waals surface area contributed by atoms with Crippen molar-refractivity contribution in [1.82, 2.24) is 0 Å². The first-order chi connectivity index (χ1) is 7.20. The van der Waals surface area contributed by atoms with Gasteiger partial charge >= 0.3 is 0 Å². The molecule has 1 rings (SSSR count). The van der Waals surface area contributed by atoms with Crippen molar-refractivity contribution in [3.63, 3.8) is 0 Å². The van der Waals surface area contributed by atoms with E-state index in [-0.39, 0.29) is 67.4 Å². The van der Waals surface area contributed by atoms with E-state index in [9.17, 15) is 0 Å². The molecule has 0 saturated heterocycles. The summed E-state index contributed by atoms with van der Waals surface area (Å²) in [4.78, 5) is 8.12. The van der Waals surface area contributed by atoms with Gasteiger partial charge < -0.3 is 4.89 Å². The molecule has 0 aliphatic carbocycles. The van der Waals surface area contributed by atoms with Crippen molar-refractivity contribution in [2.75, 3.05) is 13.3 Å². The van der Waals surface area contributed by atoms with Gasteiger partial charge in [0.1, 0.15) is 0 Å². The van der Waals surface area contributed by atoms with Crippen LogP contribution in [0.25, 0.3) is 0 Å². The largest absolute Gasteiger partial charge is 0.374 e. The van der Waals surface area contributed by atoms with E-state index in [1.807, 2.05) is 0 Å². The fourth-order valence-corrected chi connectivity index (χ4v) is 1.69. The normalized spacial score (nSPS) is 8.53. The number of hydrogen-bond donors (Lipinski definition) is 1. The van der Waals surface area contributed by atoms with Crippen molar-refractivity contribution >= 4 is 56.1 Å². The summed E-state index contributed by atoms with van der Waals surface area (Å²) in [5, 5.41) is 0. The average molecular weight is 597 g/mol. The SMILES string of the molecule is CP(C)O.Cc1c(C)c(C)c(C)c(C)c1C.I.I.[Ru]. The Morgan fingerprint density at radius 1 is 0.579 bits per heavy atom. The smallest absolute Gasteiger partial charge is 0.0187 e. The molecule has 0 unspecified atom stereocenters. The van der Waals surface area contributed by atoms with Crippen LogP contribution in [-0.2, 0) is 19.5 Å². The molecule has 1 aromatic carbocycles. The molecule has 0 aromatic heterocycles. The van der Waals surface area contributed by atoms with Gasteiger partial charge in [-0.15, -0.1) is 48.0 Å². The Morgan fingerprint density at radius 3 is 0.684 bits per heavy atom. The van der Waals surface area contributed by atoms with Gasteiger partial charge in [0.2, 0.25) is 0 Å². The molecule has 0 heterocycles. The minimum Gasteiger partial charge on any atom is -0.374 e. The first kappa shape index (κ1) is 28.8. The van der Waals surface area contributed by atoms with Gasteiger partial charge in [0.05, 0.1) is 0 Å². The standard InChI is InChI=1S/C12H18.C2H7OP.2HI.Ru/c1-7-8(2)10(4)12(6)11(5)9(7)3;1-4(2)3;;;/h1-6H3;3H,1-2H3;2*1H;. The van der Waals surface area contributed by atoms with Crippen molar-refractivity contribution < 1.29 is 24.4 Å². The van der Waals surface area contributed by atoms with Crippen LogP contribution in [0.15, 0.2) is 0 Å². The number of rotatable bonds is 0. The summed E-state index contributed by atoms with van der Waals surface area (Å²) in [5.74, 6) is 0. The molecule has 0 amide bonds. The summed E-state index contributed by atoms with van der Waals surface area (Å²) >= 11 is 0. The summed E-state index contributed by atoms with van der Waals surface area (Å²) in [6.07, 6.45) is 0. The minimum atomic E-state index is -0.620. The molecular weight excluding hydrogens is 570 g/mol. The van der Waals surface area contributed by atoms with Gasteiger partial charge in [0, 0.05) is 27.6 Å². The van der Waals surface area contributed by atoms with Crippen LogP contribution >= 0.6 is 56.1 Å². The van der Waals surface area contributed by atoms with E-state index in [1.54, 1.807) is 13.3 Å². The van der Waals surface area contributed by atoms with Gasteiger partial charge in [-0.05, 0) is 88.3 Å². The zero-order chi connectivity index (χ0) is 13.0. The zero-order valence-corrected chi connectivity index (χ0v) is 20.4. The second-order valence-corrected chi connectivity index (χ2v) is 6.29. The number of benzene rings is 1. The van der Waals surface area contributed by atoms with Gasteiger partial charge in [-0.1, -0.05) is 0 Å². The third-order valence-corrected chi connectivity index (χ3v) is 3.38. The average Bonchev–Trinajstić information content (AvgIpc) is 2.20. The van der Waals surface area contributed by atoms with Crippen LogP contribution in [-0.4, -0.2) is 18.2 Å². The Morgan fingerprint density at radius 2 is 0.632 bits per heavy atom. The van der Waals surface area contributed by atoms with Gasteiger partial charge in [-0.25, -0.2) is 0 Å². The Kier molecular flexibility index (Phi) is 20.3. The fourth-order valence-electron chi connectivity index (χ4n) is 1.69. The van der Waals surface area contributed by atoms with E-state index in [4.69, 9.17) is 4.89 Å². The molecular formula is C14H27I2OPRu. The molecule has 1 N–H and O–H groups in total. The van der Waals surface area contributed by atoms with Gasteiger partial charge in [-0.3, -0.25) is 0 Å². The second kappa shape index (κ2) is 13.4. The molecule has 0 aliphatic heterocycles. The van der Waals surface area contributed by atoms with Crippen molar-refractivity contribution in [2.24, 2.45) is 0 Å². The predicted octanol–water partition coefficient (Wildman–Crippen LogP) is 5.41. The van der Waals surface area contributed by atoms with Crippen LogP contribution in [0, 0.1) is 41.5 Å². The predicted molar refractivity (Wildman–Crippen MR) is 107 cm³/mol. The molecule has 0 aliphatic rings. The fraction of sp³-hybridized carbons (Fsp3) is 0.571. The van der Waals surface area contributed by atoms with E-state index in [1.165, 1.54) is 33.4 Å². The van der Waals surface area contributed by atoms with Crippen molar-refractivity contribution in [1.29, 1.82) is 0 Å². The number of halogens is 2. The first-order valence-electron chi connectivity index (χ1n) is 5.59. The monoisotopic (exact) mass is 598 g/mol. The first-order valence-corrected chi connectivity index (χ1v) is 7.78. The van der Waals surface area contributed by atoms with E-state index in [0.29, 0.717) is 0 Å². The van der Waals surface area contributed by atoms with Gasteiger partial charge in [0.15, 0.2) is 0 Å². The van der Waals surface area contributed by atoms with Crippen molar-refractivity contribution in [3.8, 4) is 0 Å². The Bertz CT molecular complexity index is 274. The molecule has 0 saturated carbocycles. The molecule has 19 heavy (non-hydrogen) atoms. The molecule has 0 bridgehead atoms. The molecule has 0 fully saturated rings. The van der Waals surface area contributed by atoms with Crippen LogP contribution in [0.5, 0.6) is 0 Å². The third-order valence-electron chi connectivity index (χ3n) is 3.38. The van der Waals surface area contributed by atoms with Crippen LogP contribution < -0.4 is 0 Å². The minimum absolute atomic E-state index is 0. The maximum Gasteiger partial charge on any atom is 0.0187 e. The summed E-state index contributed by atoms with van der Waals surface area (Å²) in [6, 6.07) is 0. The maximum atomic E-state index is 8.12. The third kappa shape index (κ3) is 9.34. The summed E-state index contributed by atoms with van der Waals surface area (Å²) < 4.78 is 0. The maximum absolute atomic E-state index is 8.12. The molecule has 0 radical (unpaired) electrons. The second-order valence-electron chi connectivity index (χ2n) is 4.60. The van der Waals surface area contributed by atoms with E-state index >= 15 is 0 Å². The van der Waals surface area contributed by atoms with Gasteiger partial charge in [-0.2, -0.15) is 0 Å². The Hall–Kier alpha value is 1.69. The molecule has 1 aromatic rings. The van der Waals surface area contributed by atoms with Crippen LogP contribution in [0.2, 0.25) is 0 Å². The molecule has 1 nitrogen and oxygen atoms in total. The number of hydrogen-bond acceptors (Lipinski definition) is 1. The van der Waals surface area contributed by atoms with Crippen molar-refractivity contribution in [2.45, 2.75) is 41.5 Å². The Labute approximate surface area is 167 Å². The Balaban J connectivity index is -0.000000144. The molecule has 116 valence electrons. The van der Waals surface area contributed by atoms with Crippen molar-refractivity contribution in [3.05, 3.63) is 33.4 Å². The van der Waals surface area contributed by atoms with Crippen LogP contribution in [0.1, 0.15) is 33.4 Å². The molecule has 0 spiro atoms. The molecule has 0 atom stereocenters. The summed E-state index contributed by atoms with van der Waals surface area (Å²) in [6.45, 7) is 16.8. The summed E-state index contributed by atoms with van der Waals surface area (Å²) in [5.41, 5.74) is 8.73. The van der Waals surface area contributed by atoms with E-state index in [2.05, 4.69) is 41.5 Å². The summed E-state index contributed by atoms with van der Waals surface area (Å²) in [7, 11) is -0.620. The quantitative estimate of drug-likeness (QED) is 0.241.